The molecule has 0 saturated heterocycles. The van der Waals surface area contributed by atoms with Crippen LogP contribution in [0.5, 0.6) is 0 Å². The number of halogens is 1. The van der Waals surface area contributed by atoms with Gasteiger partial charge in [0.2, 0.25) is 0 Å². The van der Waals surface area contributed by atoms with Crippen molar-refractivity contribution in [2.24, 2.45) is 10.3 Å². The van der Waals surface area contributed by atoms with E-state index in [2.05, 4.69) is 21.0 Å². The number of hydrogen-bond acceptors (Lipinski definition) is 5. The molecule has 0 bridgehead atoms. The average molecular weight is 283 g/mol. The molecule has 0 radical (unpaired) electrons. The van der Waals surface area contributed by atoms with Gasteiger partial charge in [-0.25, -0.2) is 5.43 Å². The van der Waals surface area contributed by atoms with Gasteiger partial charge in [-0.05, 0) is 38.1 Å². The second-order valence-electron chi connectivity index (χ2n) is 3.78. The van der Waals surface area contributed by atoms with E-state index >= 15 is 0 Å². The minimum Gasteiger partial charge on any atom is -0.411 e. The minimum absolute atomic E-state index is 0.0771. The largest absolute Gasteiger partial charge is 0.411 e. The van der Waals surface area contributed by atoms with Gasteiger partial charge in [0.05, 0.1) is 18.0 Å². The monoisotopic (exact) mass is 282 g/mol. The van der Waals surface area contributed by atoms with Crippen molar-refractivity contribution in [2.45, 2.75) is 13.8 Å². The summed E-state index contributed by atoms with van der Waals surface area (Å²) in [5.74, 6) is -0.306. The van der Waals surface area contributed by atoms with Crippen molar-refractivity contribution in [1.82, 2.24) is 5.43 Å². The number of benzene rings is 1. The predicted octanol–water partition coefficient (Wildman–Crippen LogP) is 2.09. The summed E-state index contributed by atoms with van der Waals surface area (Å²) < 4.78 is 0. The summed E-state index contributed by atoms with van der Waals surface area (Å²) in [6.45, 7) is 3.28. The highest BCUT2D eigenvalue weighted by Gasteiger charge is 2.01. The number of oxime groups is 1. The van der Waals surface area contributed by atoms with Gasteiger partial charge in [0.25, 0.3) is 5.91 Å². The van der Waals surface area contributed by atoms with Crippen LogP contribution in [0.3, 0.4) is 0 Å². The maximum atomic E-state index is 11.5. The van der Waals surface area contributed by atoms with Crippen LogP contribution in [0, 0.1) is 0 Å². The maximum Gasteiger partial charge on any atom is 0.259 e. The van der Waals surface area contributed by atoms with Gasteiger partial charge in [0.15, 0.2) is 0 Å². The lowest BCUT2D eigenvalue weighted by atomic mass is 10.3. The van der Waals surface area contributed by atoms with Crippen LogP contribution in [0.4, 0.5) is 5.69 Å². The van der Waals surface area contributed by atoms with Gasteiger partial charge in [-0.15, -0.1) is 0 Å². The van der Waals surface area contributed by atoms with E-state index in [9.17, 15) is 4.79 Å². The van der Waals surface area contributed by atoms with Crippen LogP contribution in [-0.2, 0) is 4.79 Å². The zero-order valence-electron chi connectivity index (χ0n) is 10.6. The van der Waals surface area contributed by atoms with Crippen molar-refractivity contribution >= 4 is 34.6 Å². The molecule has 0 aliphatic carbocycles. The summed E-state index contributed by atoms with van der Waals surface area (Å²) in [6.07, 6.45) is 0. The molecule has 0 spiro atoms. The number of nitrogens with one attached hydrogen (secondary N) is 2. The van der Waals surface area contributed by atoms with Crippen LogP contribution < -0.4 is 10.7 Å². The fourth-order valence-corrected chi connectivity index (χ4v) is 1.22. The van der Waals surface area contributed by atoms with E-state index in [1.165, 1.54) is 0 Å². The van der Waals surface area contributed by atoms with Gasteiger partial charge in [0, 0.05) is 10.7 Å². The summed E-state index contributed by atoms with van der Waals surface area (Å²) >= 11 is 5.75. The molecule has 0 atom stereocenters. The van der Waals surface area contributed by atoms with Gasteiger partial charge in [-0.1, -0.05) is 16.8 Å². The Labute approximate surface area is 116 Å². The van der Waals surface area contributed by atoms with E-state index in [0.717, 1.165) is 5.69 Å². The van der Waals surface area contributed by atoms with Crippen LogP contribution in [0.25, 0.3) is 0 Å². The zero-order valence-corrected chi connectivity index (χ0v) is 11.4. The third kappa shape index (κ3) is 5.39. The first-order valence-corrected chi connectivity index (χ1v) is 5.92. The molecule has 0 fully saturated rings. The van der Waals surface area contributed by atoms with Crippen LogP contribution >= 0.6 is 11.6 Å². The molecule has 7 heteroatoms. The number of rotatable bonds is 5. The van der Waals surface area contributed by atoms with E-state index in [4.69, 9.17) is 16.8 Å². The number of hydrogen-bond donors (Lipinski definition) is 3. The van der Waals surface area contributed by atoms with Crippen molar-refractivity contribution in [3.63, 3.8) is 0 Å². The van der Waals surface area contributed by atoms with Gasteiger partial charge < -0.3 is 10.5 Å². The van der Waals surface area contributed by atoms with Crippen LogP contribution in [0.2, 0.25) is 5.02 Å². The molecule has 0 aliphatic heterocycles. The van der Waals surface area contributed by atoms with Crippen LogP contribution in [0.1, 0.15) is 13.8 Å². The van der Waals surface area contributed by atoms with Crippen LogP contribution in [0.15, 0.2) is 34.5 Å². The molecule has 0 heterocycles. The highest BCUT2D eigenvalue weighted by molar-refractivity contribution is 6.40. The Bertz CT molecular complexity index is 497. The first-order valence-electron chi connectivity index (χ1n) is 5.54. The van der Waals surface area contributed by atoms with Gasteiger partial charge in [0.1, 0.15) is 0 Å². The van der Waals surface area contributed by atoms with E-state index < -0.39 is 0 Å². The van der Waals surface area contributed by atoms with E-state index in [0.29, 0.717) is 16.4 Å². The third-order valence-electron chi connectivity index (χ3n) is 2.32. The number of carbonyl (C=O) groups is 1. The SMILES string of the molecule is CC(=N/NC(=O)CNc1ccc(Cl)cc1)/C(C)=N/O. The molecule has 6 nitrogen and oxygen atoms in total. The van der Waals surface area contributed by atoms with Gasteiger partial charge >= 0.3 is 0 Å². The third-order valence-corrected chi connectivity index (χ3v) is 2.57. The molecule has 1 amide bonds. The highest BCUT2D eigenvalue weighted by atomic mass is 35.5. The van der Waals surface area contributed by atoms with Crippen molar-refractivity contribution in [1.29, 1.82) is 0 Å². The Morgan fingerprint density at radius 3 is 2.47 bits per heavy atom. The normalized spacial score (nSPS) is 12.2. The van der Waals surface area contributed by atoms with Crippen molar-refractivity contribution in [3.8, 4) is 0 Å². The Morgan fingerprint density at radius 1 is 1.26 bits per heavy atom. The molecule has 102 valence electrons. The predicted molar refractivity (Wildman–Crippen MR) is 76.1 cm³/mol. The molecule has 0 unspecified atom stereocenters. The topological polar surface area (TPSA) is 86.1 Å². The molecule has 1 aromatic rings. The lowest BCUT2D eigenvalue weighted by Gasteiger charge is -2.05. The minimum atomic E-state index is -0.306. The highest BCUT2D eigenvalue weighted by Crippen LogP contribution is 2.12. The average Bonchev–Trinajstić information content (AvgIpc) is 2.43. The fourth-order valence-electron chi connectivity index (χ4n) is 1.09. The van der Waals surface area contributed by atoms with Gasteiger partial charge in [-0.3, -0.25) is 4.79 Å². The standard InChI is InChI=1S/C12H15ClN4O2/c1-8(9(2)17-19)15-16-12(18)7-14-11-5-3-10(13)4-6-11/h3-6,14,19H,7H2,1-2H3,(H,16,18)/b15-8-,17-9+. The summed E-state index contributed by atoms with van der Waals surface area (Å²) in [4.78, 5) is 11.5. The quantitative estimate of drug-likeness (QED) is 0.439. The molecular weight excluding hydrogens is 268 g/mol. The van der Waals surface area contributed by atoms with E-state index in [1.54, 1.807) is 38.1 Å². The van der Waals surface area contributed by atoms with E-state index in [-0.39, 0.29) is 12.5 Å². The zero-order chi connectivity index (χ0) is 14.3. The Hall–Kier alpha value is -2.08. The molecule has 1 aromatic carbocycles. The fraction of sp³-hybridized carbons (Fsp3) is 0.250. The first-order chi connectivity index (χ1) is 9.02. The Balaban J connectivity index is 2.42. The molecule has 1 rings (SSSR count). The number of carbonyl (C=O) groups excluding carboxylic acids is 1. The Morgan fingerprint density at radius 2 is 1.89 bits per heavy atom. The van der Waals surface area contributed by atoms with Crippen molar-refractivity contribution < 1.29 is 10.0 Å². The molecule has 0 saturated carbocycles. The van der Waals surface area contributed by atoms with E-state index in [1.807, 2.05) is 0 Å². The molecule has 0 aromatic heterocycles. The lowest BCUT2D eigenvalue weighted by Crippen LogP contribution is -2.27. The van der Waals surface area contributed by atoms with Gasteiger partial charge in [-0.2, -0.15) is 5.10 Å². The first kappa shape index (κ1) is 15.0. The number of amides is 1. The number of anilines is 1. The maximum absolute atomic E-state index is 11.5. The number of nitrogens with zero attached hydrogens (tertiary/aromatic N) is 2. The van der Waals surface area contributed by atoms with Crippen molar-refractivity contribution in [3.05, 3.63) is 29.3 Å². The molecule has 3 N–H and O–H groups in total. The summed E-state index contributed by atoms with van der Waals surface area (Å²) in [5, 5.41) is 18.8. The molecule has 0 aliphatic rings. The van der Waals surface area contributed by atoms with Crippen molar-refractivity contribution in [2.75, 3.05) is 11.9 Å². The summed E-state index contributed by atoms with van der Waals surface area (Å²) in [7, 11) is 0. The molecular formula is C12H15ClN4O2. The lowest BCUT2D eigenvalue weighted by molar-refractivity contribution is -0.119. The summed E-state index contributed by atoms with van der Waals surface area (Å²) in [6, 6.07) is 7.00. The Kier molecular flexibility index (Phi) is 5.81. The smallest absolute Gasteiger partial charge is 0.259 e. The second kappa shape index (κ2) is 7.38. The molecule has 19 heavy (non-hydrogen) atoms. The summed E-state index contributed by atoms with van der Waals surface area (Å²) in [5.41, 5.74) is 3.90. The number of hydrazone groups is 1. The van der Waals surface area contributed by atoms with Crippen LogP contribution in [-0.4, -0.2) is 29.1 Å². The second-order valence-corrected chi connectivity index (χ2v) is 4.21.